The Bertz CT molecular complexity index is 194. The van der Waals surface area contributed by atoms with Gasteiger partial charge in [-0.1, -0.05) is 0 Å². The zero-order chi connectivity index (χ0) is 10.6. The fraction of sp³-hybridized carbons (Fsp3) is 0.889. The lowest BCUT2D eigenvalue weighted by Crippen LogP contribution is -2.61. The molecular formula is C9H21N5. The molecule has 1 rings (SSSR count). The van der Waals surface area contributed by atoms with Gasteiger partial charge >= 0.3 is 0 Å². The van der Waals surface area contributed by atoms with Crippen LogP contribution in [0.4, 0.5) is 0 Å². The molecule has 1 unspecified atom stereocenters. The van der Waals surface area contributed by atoms with Crippen molar-refractivity contribution in [1.29, 1.82) is 5.41 Å². The largest absolute Gasteiger partial charge is 0.355 e. The average molecular weight is 199 g/mol. The molecule has 5 heteroatoms. The fourth-order valence-electron chi connectivity index (χ4n) is 1.89. The van der Waals surface area contributed by atoms with Gasteiger partial charge in [-0.25, -0.2) is 0 Å². The van der Waals surface area contributed by atoms with Crippen LogP contribution in [0.1, 0.15) is 13.8 Å². The zero-order valence-corrected chi connectivity index (χ0v) is 9.22. The summed E-state index contributed by atoms with van der Waals surface area (Å²) in [6.45, 7) is 6.78. The van der Waals surface area contributed by atoms with Gasteiger partial charge in [0, 0.05) is 31.7 Å². The van der Waals surface area contributed by atoms with Gasteiger partial charge in [-0.3, -0.25) is 16.3 Å². The van der Waals surface area contributed by atoms with E-state index in [0.717, 1.165) is 19.6 Å². The van der Waals surface area contributed by atoms with Crippen LogP contribution in [0, 0.1) is 5.41 Å². The molecule has 1 aliphatic heterocycles. The summed E-state index contributed by atoms with van der Waals surface area (Å²) in [6.07, 6.45) is 0. The van der Waals surface area contributed by atoms with Crippen molar-refractivity contribution < 1.29 is 0 Å². The van der Waals surface area contributed by atoms with Crippen LogP contribution in [0.2, 0.25) is 0 Å². The average Bonchev–Trinajstić information content (AvgIpc) is 2.16. The highest BCUT2D eigenvalue weighted by atomic mass is 15.4. The molecule has 82 valence electrons. The van der Waals surface area contributed by atoms with Crippen LogP contribution in [0.3, 0.4) is 0 Å². The number of nitrogens with one attached hydrogen (secondary N) is 4. The van der Waals surface area contributed by atoms with Crippen LogP contribution in [-0.2, 0) is 0 Å². The van der Waals surface area contributed by atoms with Gasteiger partial charge in [0.25, 0.3) is 0 Å². The van der Waals surface area contributed by atoms with Gasteiger partial charge in [-0.05, 0) is 20.9 Å². The molecule has 2 atom stereocenters. The van der Waals surface area contributed by atoms with Crippen LogP contribution in [-0.4, -0.2) is 49.5 Å². The minimum atomic E-state index is 0.377. The number of hydrogen-bond donors (Lipinski definition) is 4. The first kappa shape index (κ1) is 11.4. The quantitative estimate of drug-likeness (QED) is 0.278. The molecular weight excluding hydrogens is 178 g/mol. The van der Waals surface area contributed by atoms with Gasteiger partial charge in [-0.15, -0.1) is 0 Å². The van der Waals surface area contributed by atoms with Gasteiger partial charge in [0.1, 0.15) is 0 Å². The van der Waals surface area contributed by atoms with Crippen molar-refractivity contribution in [3.63, 3.8) is 0 Å². The number of hydrazine groups is 1. The molecule has 0 aliphatic carbocycles. The second kappa shape index (κ2) is 5.29. The van der Waals surface area contributed by atoms with Gasteiger partial charge in [-0.2, -0.15) is 0 Å². The molecule has 0 spiro atoms. The maximum absolute atomic E-state index is 7.65. The molecule has 1 saturated heterocycles. The Labute approximate surface area is 85.7 Å². The van der Waals surface area contributed by atoms with Crippen LogP contribution in [0.25, 0.3) is 0 Å². The summed E-state index contributed by atoms with van der Waals surface area (Å²) in [7, 11) is 1.87. The van der Waals surface area contributed by atoms with E-state index in [-0.39, 0.29) is 0 Å². The van der Waals surface area contributed by atoms with Crippen molar-refractivity contribution in [1.82, 2.24) is 21.1 Å². The minimum absolute atomic E-state index is 0.377. The second-order valence-electron chi connectivity index (χ2n) is 3.71. The molecule has 0 amide bonds. The number of nitrogens with zero attached hydrogens (tertiary/aromatic N) is 1. The summed E-state index contributed by atoms with van der Waals surface area (Å²) in [5, 5.41) is 11.1. The zero-order valence-electron chi connectivity index (χ0n) is 9.22. The Balaban J connectivity index is 2.48. The van der Waals surface area contributed by atoms with E-state index in [1.165, 1.54) is 0 Å². The number of amidine groups is 1. The third kappa shape index (κ3) is 2.67. The molecule has 1 fully saturated rings. The molecule has 1 aliphatic rings. The SMILES string of the molecule is CNNCC1NCCN(C(C)=N)[C@@H]1C. The van der Waals surface area contributed by atoms with Gasteiger partial charge in [0.05, 0.1) is 5.84 Å². The summed E-state index contributed by atoms with van der Waals surface area (Å²) in [4.78, 5) is 2.14. The molecule has 0 bridgehead atoms. The van der Waals surface area contributed by atoms with Gasteiger partial charge in [0.2, 0.25) is 0 Å². The van der Waals surface area contributed by atoms with Crippen LogP contribution < -0.4 is 16.2 Å². The second-order valence-corrected chi connectivity index (χ2v) is 3.71. The molecule has 0 radical (unpaired) electrons. The van der Waals surface area contributed by atoms with E-state index in [1.807, 2.05) is 14.0 Å². The monoisotopic (exact) mass is 199 g/mol. The molecule has 14 heavy (non-hydrogen) atoms. The summed E-state index contributed by atoms with van der Waals surface area (Å²) in [5.74, 6) is 0.661. The summed E-state index contributed by atoms with van der Waals surface area (Å²) < 4.78 is 0. The highest BCUT2D eigenvalue weighted by Crippen LogP contribution is 2.08. The van der Waals surface area contributed by atoms with E-state index in [4.69, 9.17) is 5.41 Å². The first-order valence-electron chi connectivity index (χ1n) is 5.11. The number of hydrogen-bond acceptors (Lipinski definition) is 4. The molecule has 4 N–H and O–H groups in total. The number of rotatable bonds is 3. The van der Waals surface area contributed by atoms with Crippen molar-refractivity contribution in [2.45, 2.75) is 25.9 Å². The van der Waals surface area contributed by atoms with Crippen molar-refractivity contribution in [3.8, 4) is 0 Å². The van der Waals surface area contributed by atoms with E-state index >= 15 is 0 Å². The number of piperazine rings is 1. The van der Waals surface area contributed by atoms with E-state index in [9.17, 15) is 0 Å². The van der Waals surface area contributed by atoms with Crippen molar-refractivity contribution >= 4 is 5.84 Å². The Hall–Kier alpha value is -0.650. The first-order chi connectivity index (χ1) is 6.66. The lowest BCUT2D eigenvalue weighted by Gasteiger charge is -2.41. The Morgan fingerprint density at radius 1 is 1.64 bits per heavy atom. The van der Waals surface area contributed by atoms with E-state index < -0.39 is 0 Å². The normalized spacial score (nSPS) is 27.8. The highest BCUT2D eigenvalue weighted by molar-refractivity contribution is 5.76. The predicted octanol–water partition coefficient (Wildman–Crippen LogP) is -0.630. The summed E-state index contributed by atoms with van der Waals surface area (Å²) in [5.41, 5.74) is 6.02. The first-order valence-corrected chi connectivity index (χ1v) is 5.11. The molecule has 0 aromatic carbocycles. The lowest BCUT2D eigenvalue weighted by atomic mass is 10.1. The van der Waals surface area contributed by atoms with Crippen molar-refractivity contribution in [3.05, 3.63) is 0 Å². The van der Waals surface area contributed by atoms with Crippen LogP contribution >= 0.6 is 0 Å². The molecule has 0 aromatic heterocycles. The van der Waals surface area contributed by atoms with E-state index in [0.29, 0.717) is 17.9 Å². The maximum atomic E-state index is 7.65. The molecule has 1 heterocycles. The standard InChI is InChI=1S/C9H21N5/c1-7-9(6-13-11-3)12-4-5-14(7)8(2)10/h7,9-13H,4-6H2,1-3H3/t7-,9?/m1/s1. The van der Waals surface area contributed by atoms with Crippen LogP contribution in [0.15, 0.2) is 0 Å². The lowest BCUT2D eigenvalue weighted by molar-refractivity contribution is 0.203. The van der Waals surface area contributed by atoms with Crippen molar-refractivity contribution in [2.75, 3.05) is 26.7 Å². The molecule has 0 aromatic rings. The fourth-order valence-corrected chi connectivity index (χ4v) is 1.89. The van der Waals surface area contributed by atoms with E-state index in [1.54, 1.807) is 0 Å². The summed E-state index contributed by atoms with van der Waals surface area (Å²) in [6, 6.07) is 0.776. The minimum Gasteiger partial charge on any atom is -0.355 e. The van der Waals surface area contributed by atoms with Gasteiger partial charge < -0.3 is 10.2 Å². The van der Waals surface area contributed by atoms with Crippen molar-refractivity contribution in [2.24, 2.45) is 0 Å². The smallest absolute Gasteiger partial charge is 0.0929 e. The van der Waals surface area contributed by atoms with Gasteiger partial charge in [0.15, 0.2) is 0 Å². The Morgan fingerprint density at radius 3 is 2.93 bits per heavy atom. The maximum Gasteiger partial charge on any atom is 0.0929 e. The van der Waals surface area contributed by atoms with E-state index in [2.05, 4.69) is 28.0 Å². The summed E-state index contributed by atoms with van der Waals surface area (Å²) >= 11 is 0. The third-order valence-electron chi connectivity index (χ3n) is 2.76. The molecule has 0 saturated carbocycles. The Morgan fingerprint density at radius 2 is 2.36 bits per heavy atom. The van der Waals surface area contributed by atoms with Crippen LogP contribution in [0.5, 0.6) is 0 Å². The third-order valence-corrected chi connectivity index (χ3v) is 2.76. The predicted molar refractivity (Wildman–Crippen MR) is 58.4 cm³/mol. The Kier molecular flexibility index (Phi) is 4.31. The highest BCUT2D eigenvalue weighted by Gasteiger charge is 2.27. The molecule has 5 nitrogen and oxygen atoms in total. The topological polar surface area (TPSA) is 63.2 Å².